The molecular weight excluding hydrogens is 483 g/mol. The fourth-order valence-corrected chi connectivity index (χ4v) is 4.67. The number of carbonyl (C=O) groups is 1. The molecule has 0 amide bonds. The van der Waals surface area contributed by atoms with Crippen LogP contribution in [0.1, 0.15) is 59.3 Å². The summed E-state index contributed by atoms with van der Waals surface area (Å²) in [6, 6.07) is 8.28. The lowest BCUT2D eigenvalue weighted by Crippen LogP contribution is -2.42. The number of nitrogens with zero attached hydrogens (tertiary/aromatic N) is 1. The van der Waals surface area contributed by atoms with Gasteiger partial charge in [-0.25, -0.2) is 18.0 Å². The van der Waals surface area contributed by atoms with Crippen LogP contribution in [-0.2, 0) is 10.3 Å². The average Bonchev–Trinajstić information content (AvgIpc) is 2.83. The molecule has 0 saturated carbocycles. The Hall–Kier alpha value is -2.88. The highest BCUT2D eigenvalue weighted by molar-refractivity contribution is 5.99. The summed E-state index contributed by atoms with van der Waals surface area (Å²) in [4.78, 5) is 16.4. The monoisotopic (exact) mass is 509 g/mol. The lowest BCUT2D eigenvalue weighted by atomic mass is 9.81. The normalized spacial score (nSPS) is 16.1. The summed E-state index contributed by atoms with van der Waals surface area (Å²) in [5.41, 5.74) is 0.376. The smallest absolute Gasteiger partial charge is 0.336 e. The number of aromatic nitrogens is 1. The molecule has 0 radical (unpaired) electrons. The lowest BCUT2D eigenvalue weighted by Gasteiger charge is -2.38. The van der Waals surface area contributed by atoms with Gasteiger partial charge in [-0.3, -0.25) is 4.98 Å². The summed E-state index contributed by atoms with van der Waals surface area (Å²) in [6.07, 6.45) is -0.201. The number of methoxy groups -OCH3 is 1. The maximum Gasteiger partial charge on any atom is 0.336 e. The number of piperidine rings is 1. The van der Waals surface area contributed by atoms with Crippen molar-refractivity contribution in [3.05, 3.63) is 70.7 Å². The minimum absolute atomic E-state index is 0. The molecule has 2 aromatic carbocycles. The van der Waals surface area contributed by atoms with Crippen LogP contribution in [0.25, 0.3) is 10.9 Å². The lowest BCUT2D eigenvalue weighted by molar-refractivity contribution is -0.0397. The van der Waals surface area contributed by atoms with E-state index in [0.717, 1.165) is 6.07 Å². The SMILES string of the molecule is COC1(c2cc3c(NC(C)c4cccc(C(F)F)c4F)ccnc3cc2C(=O)O)CCNCC1.Cl. The Bertz CT molecular complexity index is 1220. The maximum absolute atomic E-state index is 14.7. The van der Waals surface area contributed by atoms with E-state index in [2.05, 4.69) is 15.6 Å². The zero-order valence-corrected chi connectivity index (χ0v) is 20.1. The minimum Gasteiger partial charge on any atom is -0.478 e. The van der Waals surface area contributed by atoms with Crippen molar-refractivity contribution in [1.29, 1.82) is 0 Å². The van der Waals surface area contributed by atoms with E-state index in [9.17, 15) is 23.1 Å². The molecule has 0 aliphatic carbocycles. The molecule has 3 N–H and O–H groups in total. The van der Waals surface area contributed by atoms with E-state index in [1.807, 2.05) is 0 Å². The molecular formula is C25H27ClF3N3O3. The molecule has 0 bridgehead atoms. The summed E-state index contributed by atoms with van der Waals surface area (Å²) >= 11 is 0. The molecule has 1 aromatic heterocycles. The molecule has 10 heteroatoms. The second-order valence-corrected chi connectivity index (χ2v) is 8.44. The van der Waals surface area contributed by atoms with Crippen LogP contribution < -0.4 is 10.6 Å². The minimum atomic E-state index is -2.92. The summed E-state index contributed by atoms with van der Waals surface area (Å²) < 4.78 is 46.9. The van der Waals surface area contributed by atoms with E-state index in [4.69, 9.17) is 4.74 Å². The Balaban J connectivity index is 0.00000342. The largest absolute Gasteiger partial charge is 0.478 e. The number of alkyl halides is 2. The van der Waals surface area contributed by atoms with Crippen LogP contribution in [0.2, 0.25) is 0 Å². The number of rotatable bonds is 7. The third kappa shape index (κ3) is 5.07. The van der Waals surface area contributed by atoms with Crippen LogP contribution in [0.3, 0.4) is 0 Å². The molecule has 0 spiro atoms. The van der Waals surface area contributed by atoms with Crippen molar-refractivity contribution in [2.75, 3.05) is 25.5 Å². The zero-order valence-electron chi connectivity index (χ0n) is 19.3. The van der Waals surface area contributed by atoms with E-state index in [0.29, 0.717) is 48.1 Å². The first-order chi connectivity index (χ1) is 16.3. The van der Waals surface area contributed by atoms with Gasteiger partial charge in [-0.05, 0) is 56.6 Å². The summed E-state index contributed by atoms with van der Waals surface area (Å²) in [5, 5.41) is 17.0. The molecule has 1 unspecified atom stereocenters. The molecule has 6 nitrogen and oxygen atoms in total. The number of anilines is 1. The van der Waals surface area contributed by atoms with E-state index >= 15 is 0 Å². The first-order valence-electron chi connectivity index (χ1n) is 11.0. The molecule has 1 aliphatic rings. The van der Waals surface area contributed by atoms with Crippen molar-refractivity contribution in [3.8, 4) is 0 Å². The highest BCUT2D eigenvalue weighted by atomic mass is 35.5. The predicted octanol–water partition coefficient (Wildman–Crippen LogP) is 5.83. The summed E-state index contributed by atoms with van der Waals surface area (Å²) in [6.45, 7) is 3.04. The van der Waals surface area contributed by atoms with Gasteiger partial charge in [0, 0.05) is 29.9 Å². The third-order valence-corrected chi connectivity index (χ3v) is 6.54. The number of pyridine rings is 1. The Morgan fingerprint density at radius 3 is 2.51 bits per heavy atom. The fraction of sp³-hybridized carbons (Fsp3) is 0.360. The average molecular weight is 510 g/mol. The molecule has 1 atom stereocenters. The van der Waals surface area contributed by atoms with E-state index in [-0.39, 0.29) is 23.5 Å². The Morgan fingerprint density at radius 1 is 1.20 bits per heavy atom. The van der Waals surface area contributed by atoms with Gasteiger partial charge in [-0.1, -0.05) is 18.2 Å². The van der Waals surface area contributed by atoms with Crippen molar-refractivity contribution >= 4 is 35.0 Å². The van der Waals surface area contributed by atoms with E-state index in [1.54, 1.807) is 26.2 Å². The van der Waals surface area contributed by atoms with Crippen LogP contribution >= 0.6 is 12.4 Å². The maximum atomic E-state index is 14.7. The van der Waals surface area contributed by atoms with Gasteiger partial charge in [0.1, 0.15) is 5.82 Å². The quantitative estimate of drug-likeness (QED) is 0.372. The number of fused-ring (bicyclic) bond motifs is 1. The van der Waals surface area contributed by atoms with Gasteiger partial charge >= 0.3 is 5.97 Å². The van der Waals surface area contributed by atoms with Crippen LogP contribution in [-0.4, -0.2) is 36.3 Å². The van der Waals surface area contributed by atoms with Gasteiger partial charge in [0.2, 0.25) is 0 Å². The first-order valence-corrected chi connectivity index (χ1v) is 11.0. The molecule has 188 valence electrons. The zero-order chi connectivity index (χ0) is 24.5. The number of hydrogen-bond donors (Lipinski definition) is 3. The molecule has 4 rings (SSSR count). The first kappa shape index (κ1) is 26.7. The summed E-state index contributed by atoms with van der Waals surface area (Å²) in [7, 11) is 1.57. The second kappa shape index (κ2) is 10.8. The van der Waals surface area contributed by atoms with Crippen LogP contribution in [0.5, 0.6) is 0 Å². The summed E-state index contributed by atoms with van der Waals surface area (Å²) in [5.74, 6) is -2.02. The number of ether oxygens (including phenoxy) is 1. The Kier molecular flexibility index (Phi) is 8.25. The fourth-order valence-electron chi connectivity index (χ4n) is 4.67. The number of halogens is 4. The number of benzene rings is 2. The van der Waals surface area contributed by atoms with Crippen LogP contribution in [0.4, 0.5) is 18.9 Å². The van der Waals surface area contributed by atoms with Crippen molar-refractivity contribution in [1.82, 2.24) is 10.3 Å². The molecule has 1 aliphatic heterocycles. The van der Waals surface area contributed by atoms with Gasteiger partial charge in [-0.15, -0.1) is 12.4 Å². The van der Waals surface area contributed by atoms with Gasteiger partial charge in [-0.2, -0.15) is 0 Å². The molecule has 3 aromatic rings. The van der Waals surface area contributed by atoms with Gasteiger partial charge in [0.15, 0.2) is 0 Å². The second-order valence-electron chi connectivity index (χ2n) is 8.44. The van der Waals surface area contributed by atoms with E-state index in [1.165, 1.54) is 24.4 Å². The number of aromatic carboxylic acids is 1. The Morgan fingerprint density at radius 2 is 1.89 bits per heavy atom. The standard InChI is InChI=1S/C25H26F3N3O3.ClH/c1-14(15-4-3-5-16(22(15)26)23(27)28)31-20-6-9-30-21-13-17(24(32)33)19(12-18(20)21)25(34-2)7-10-29-11-8-25;/h3-6,9,12-14,23,29H,7-8,10-11H2,1-2H3,(H,30,31)(H,32,33);1H. The number of hydrogen-bond acceptors (Lipinski definition) is 5. The van der Waals surface area contributed by atoms with Gasteiger partial charge < -0.3 is 20.5 Å². The number of nitrogens with one attached hydrogen (secondary N) is 2. The van der Waals surface area contributed by atoms with Crippen molar-refractivity contribution in [2.45, 2.75) is 37.8 Å². The molecule has 1 fully saturated rings. The van der Waals surface area contributed by atoms with Crippen molar-refractivity contribution < 1.29 is 27.8 Å². The highest BCUT2D eigenvalue weighted by Crippen LogP contribution is 2.40. The van der Waals surface area contributed by atoms with Gasteiger partial charge in [0.05, 0.1) is 28.3 Å². The number of carboxylic acid groups (broad SMARTS) is 1. The van der Waals surface area contributed by atoms with Crippen molar-refractivity contribution in [3.63, 3.8) is 0 Å². The third-order valence-electron chi connectivity index (χ3n) is 6.54. The topological polar surface area (TPSA) is 83.5 Å². The number of carboxylic acids is 1. The van der Waals surface area contributed by atoms with Crippen LogP contribution in [0, 0.1) is 5.82 Å². The predicted molar refractivity (Wildman–Crippen MR) is 130 cm³/mol. The van der Waals surface area contributed by atoms with Crippen molar-refractivity contribution in [2.24, 2.45) is 0 Å². The highest BCUT2D eigenvalue weighted by Gasteiger charge is 2.37. The van der Waals surface area contributed by atoms with Crippen LogP contribution in [0.15, 0.2) is 42.6 Å². The Labute approximate surface area is 207 Å². The molecule has 35 heavy (non-hydrogen) atoms. The van der Waals surface area contributed by atoms with E-state index < -0.39 is 35.4 Å². The van der Waals surface area contributed by atoms with Gasteiger partial charge in [0.25, 0.3) is 6.43 Å². The molecule has 2 heterocycles. The molecule has 1 saturated heterocycles.